The maximum absolute atomic E-state index is 12.9. The Morgan fingerprint density at radius 3 is 2.68 bits per heavy atom. The van der Waals surface area contributed by atoms with Crippen LogP contribution in [0.1, 0.15) is 35.6 Å². The number of ether oxygens (including phenoxy) is 1. The minimum absolute atomic E-state index is 0.119. The summed E-state index contributed by atoms with van der Waals surface area (Å²) in [5.74, 6) is 0.498. The number of thiocarbonyl (C=S) groups is 1. The molecule has 0 spiro atoms. The molecule has 5 rings (SSSR count). The zero-order chi connectivity index (χ0) is 25.8. The van der Waals surface area contributed by atoms with Gasteiger partial charge in [-0.2, -0.15) is 0 Å². The molecule has 1 saturated heterocycles. The van der Waals surface area contributed by atoms with E-state index in [-0.39, 0.29) is 24.4 Å². The van der Waals surface area contributed by atoms with Crippen LogP contribution in [-0.2, 0) is 4.79 Å². The van der Waals surface area contributed by atoms with Gasteiger partial charge in [-0.15, -0.1) is 0 Å². The first-order chi connectivity index (χ1) is 18.1. The molecular formula is C28H28N6O2S. The third-order valence-electron chi connectivity index (χ3n) is 6.47. The van der Waals surface area contributed by atoms with E-state index in [0.717, 1.165) is 22.8 Å². The highest BCUT2D eigenvalue weighted by Gasteiger charge is 2.41. The number of methoxy groups -OCH3 is 1. The molecule has 0 saturated carbocycles. The van der Waals surface area contributed by atoms with Crippen molar-refractivity contribution in [3.8, 4) is 11.4 Å². The number of nitrogens with one attached hydrogen (secondary N) is 2. The van der Waals surface area contributed by atoms with Gasteiger partial charge < -0.3 is 24.8 Å². The molecule has 1 aliphatic rings. The van der Waals surface area contributed by atoms with Gasteiger partial charge in [0.05, 0.1) is 42.5 Å². The van der Waals surface area contributed by atoms with Gasteiger partial charge in [0.2, 0.25) is 5.91 Å². The number of benzene rings is 1. The molecule has 9 heteroatoms. The smallest absolute Gasteiger partial charge is 0.226 e. The molecule has 4 heterocycles. The summed E-state index contributed by atoms with van der Waals surface area (Å²) in [4.78, 5) is 24.0. The number of pyridine rings is 2. The molecule has 0 unspecified atom stereocenters. The van der Waals surface area contributed by atoms with Crippen molar-refractivity contribution in [3.63, 3.8) is 0 Å². The van der Waals surface area contributed by atoms with Crippen LogP contribution in [0.5, 0.6) is 5.75 Å². The Morgan fingerprint density at radius 2 is 1.92 bits per heavy atom. The highest BCUT2D eigenvalue weighted by molar-refractivity contribution is 7.80. The van der Waals surface area contributed by atoms with Crippen LogP contribution in [0.25, 0.3) is 5.69 Å². The average molecular weight is 513 g/mol. The quantitative estimate of drug-likeness (QED) is 0.334. The number of anilines is 1. The van der Waals surface area contributed by atoms with Gasteiger partial charge in [0.25, 0.3) is 0 Å². The molecule has 188 valence electrons. The number of amides is 1. The molecular weight excluding hydrogens is 484 g/mol. The maximum Gasteiger partial charge on any atom is 0.226 e. The lowest BCUT2D eigenvalue weighted by Gasteiger charge is -2.29. The predicted molar refractivity (Wildman–Crippen MR) is 147 cm³/mol. The first-order valence-corrected chi connectivity index (χ1v) is 12.5. The lowest BCUT2D eigenvalue weighted by Crippen LogP contribution is -2.33. The van der Waals surface area contributed by atoms with Gasteiger partial charge in [0.15, 0.2) is 5.11 Å². The second-order valence-electron chi connectivity index (χ2n) is 8.76. The topological polar surface area (TPSA) is 84.3 Å². The van der Waals surface area contributed by atoms with Gasteiger partial charge in [-0.3, -0.25) is 14.8 Å². The molecule has 1 aromatic carbocycles. The first kappa shape index (κ1) is 24.5. The summed E-state index contributed by atoms with van der Waals surface area (Å²) in [7, 11) is 1.58. The normalized spacial score (nSPS) is 16.9. The molecule has 2 atom stereocenters. The zero-order valence-corrected chi connectivity index (χ0v) is 21.5. The number of carbonyl (C=O) groups is 1. The van der Waals surface area contributed by atoms with E-state index < -0.39 is 0 Å². The molecule has 2 N–H and O–H groups in total. The fraction of sp³-hybridized carbons (Fsp3) is 0.214. The molecule has 1 amide bonds. The van der Waals surface area contributed by atoms with E-state index in [4.69, 9.17) is 17.0 Å². The Morgan fingerprint density at radius 1 is 1.08 bits per heavy atom. The molecule has 0 bridgehead atoms. The summed E-state index contributed by atoms with van der Waals surface area (Å²) in [6, 6.07) is 21.0. The van der Waals surface area contributed by atoms with E-state index >= 15 is 0 Å². The summed E-state index contributed by atoms with van der Waals surface area (Å²) in [5, 5.41) is 7.01. The lowest BCUT2D eigenvalue weighted by molar-refractivity contribution is -0.116. The molecule has 1 fully saturated rings. The van der Waals surface area contributed by atoms with Crippen LogP contribution in [-0.4, -0.2) is 44.1 Å². The SMILES string of the molecule is COc1ccccc1NC(=O)CCN1C(=S)N[C@@H](c2ccccn2)[C@@H]1c1ccc(C)n1-c1cccnc1. The van der Waals surface area contributed by atoms with E-state index in [1.54, 1.807) is 19.5 Å². The minimum Gasteiger partial charge on any atom is -0.495 e. The van der Waals surface area contributed by atoms with Gasteiger partial charge in [0.1, 0.15) is 5.75 Å². The highest BCUT2D eigenvalue weighted by Crippen LogP contribution is 2.40. The van der Waals surface area contributed by atoms with Crippen LogP contribution in [0.2, 0.25) is 0 Å². The Kier molecular flexibility index (Phi) is 7.14. The van der Waals surface area contributed by atoms with Crippen LogP contribution >= 0.6 is 12.2 Å². The summed E-state index contributed by atoms with van der Waals surface area (Å²) in [6.45, 7) is 2.50. The number of nitrogens with zero attached hydrogens (tertiary/aromatic N) is 4. The van der Waals surface area contributed by atoms with E-state index in [0.29, 0.717) is 23.1 Å². The van der Waals surface area contributed by atoms with Crippen molar-refractivity contribution < 1.29 is 9.53 Å². The van der Waals surface area contributed by atoms with Crippen molar-refractivity contribution >= 4 is 28.9 Å². The van der Waals surface area contributed by atoms with Crippen molar-refractivity contribution in [1.29, 1.82) is 0 Å². The fourth-order valence-corrected chi connectivity index (χ4v) is 5.11. The third-order valence-corrected chi connectivity index (χ3v) is 6.82. The summed E-state index contributed by atoms with van der Waals surface area (Å²) in [6.07, 6.45) is 5.64. The molecule has 4 aromatic rings. The lowest BCUT2D eigenvalue weighted by atomic mass is 10.0. The number of aromatic nitrogens is 3. The van der Waals surface area contributed by atoms with Gasteiger partial charge in [-0.25, -0.2) is 0 Å². The molecule has 3 aromatic heterocycles. The zero-order valence-electron chi connectivity index (χ0n) is 20.7. The minimum atomic E-state index is -0.185. The second-order valence-corrected chi connectivity index (χ2v) is 9.15. The van der Waals surface area contributed by atoms with Gasteiger partial charge >= 0.3 is 0 Å². The number of aryl methyl sites for hydroxylation is 1. The number of para-hydroxylation sites is 2. The Labute approximate surface area is 221 Å². The van der Waals surface area contributed by atoms with E-state index in [9.17, 15) is 4.79 Å². The Bertz CT molecular complexity index is 1390. The van der Waals surface area contributed by atoms with Crippen LogP contribution in [0, 0.1) is 6.92 Å². The number of hydrogen-bond acceptors (Lipinski definition) is 5. The number of carbonyl (C=O) groups excluding carboxylic acids is 1. The van der Waals surface area contributed by atoms with Crippen LogP contribution in [0.15, 0.2) is 85.3 Å². The molecule has 0 radical (unpaired) electrons. The summed E-state index contributed by atoms with van der Waals surface area (Å²) >= 11 is 5.80. The van der Waals surface area contributed by atoms with Gasteiger partial charge in [0, 0.05) is 36.7 Å². The fourth-order valence-electron chi connectivity index (χ4n) is 4.78. The first-order valence-electron chi connectivity index (χ1n) is 12.1. The number of hydrogen-bond donors (Lipinski definition) is 2. The third kappa shape index (κ3) is 5.03. The van der Waals surface area contributed by atoms with Crippen molar-refractivity contribution in [1.82, 2.24) is 24.8 Å². The van der Waals surface area contributed by atoms with Crippen molar-refractivity contribution in [2.75, 3.05) is 19.0 Å². The highest BCUT2D eigenvalue weighted by atomic mass is 32.1. The number of rotatable bonds is 8. The van der Waals surface area contributed by atoms with Crippen molar-refractivity contribution in [2.24, 2.45) is 0 Å². The largest absolute Gasteiger partial charge is 0.495 e. The van der Waals surface area contributed by atoms with Crippen LogP contribution in [0.4, 0.5) is 5.69 Å². The van der Waals surface area contributed by atoms with Gasteiger partial charge in [-0.1, -0.05) is 18.2 Å². The molecule has 8 nitrogen and oxygen atoms in total. The molecule has 0 aliphatic carbocycles. The monoisotopic (exact) mass is 512 g/mol. The van der Waals surface area contributed by atoms with E-state index in [2.05, 4.69) is 49.1 Å². The van der Waals surface area contributed by atoms with Gasteiger partial charge in [-0.05, 0) is 67.7 Å². The molecule has 1 aliphatic heterocycles. The van der Waals surface area contributed by atoms with Crippen molar-refractivity contribution in [3.05, 3.63) is 102 Å². The van der Waals surface area contributed by atoms with E-state index in [1.807, 2.05) is 60.8 Å². The average Bonchev–Trinajstić information content (AvgIpc) is 3.47. The van der Waals surface area contributed by atoms with Crippen LogP contribution in [0.3, 0.4) is 0 Å². The Balaban J connectivity index is 1.46. The second kappa shape index (κ2) is 10.8. The predicted octanol–water partition coefficient (Wildman–Crippen LogP) is 4.59. The molecule has 37 heavy (non-hydrogen) atoms. The maximum atomic E-state index is 12.9. The standard InChI is InChI=1S/C28H28N6O2S/c1-19-12-13-23(34(19)20-8-7-15-29-18-20)27-26(22-10-5-6-16-30-22)32-28(37)33(27)17-14-25(35)31-21-9-3-4-11-24(21)36-2/h3-13,15-16,18,26-27H,14,17H2,1-2H3,(H,31,35)(H,32,37)/t26-,27-/m0/s1. The Hall–Kier alpha value is -4.24. The summed E-state index contributed by atoms with van der Waals surface area (Å²) in [5.41, 5.74) is 4.60. The van der Waals surface area contributed by atoms with Crippen LogP contribution < -0.4 is 15.4 Å². The van der Waals surface area contributed by atoms with E-state index in [1.165, 1.54) is 0 Å². The van der Waals surface area contributed by atoms with Crippen molar-refractivity contribution in [2.45, 2.75) is 25.4 Å². The summed E-state index contributed by atoms with van der Waals surface area (Å²) < 4.78 is 7.55.